The Balaban J connectivity index is 1.16. The highest BCUT2D eigenvalue weighted by molar-refractivity contribution is 6.06. The number of rotatable bonds is 5. The first-order valence-electron chi connectivity index (χ1n) is 15.6. The molecule has 2 heterocycles. The third kappa shape index (κ3) is 4.35. The molecule has 2 heteroatoms. The average molecular weight is 589 g/mol. The van der Waals surface area contributed by atoms with Crippen LogP contribution < -0.4 is 4.74 Å². The van der Waals surface area contributed by atoms with Gasteiger partial charge in [0.05, 0.1) is 0 Å². The molecule has 0 atom stereocenters. The topological polar surface area (TPSA) is 22.4 Å². The van der Waals surface area contributed by atoms with Crippen molar-refractivity contribution < 1.29 is 9.15 Å². The molecular formula is C44H28O2. The van der Waals surface area contributed by atoms with Gasteiger partial charge in [0.25, 0.3) is 0 Å². The van der Waals surface area contributed by atoms with Gasteiger partial charge in [0.15, 0.2) is 0 Å². The van der Waals surface area contributed by atoms with Gasteiger partial charge in [-0.05, 0) is 80.7 Å². The molecule has 8 aromatic rings. The lowest BCUT2D eigenvalue weighted by atomic mass is 9.87. The number of hydrogen-bond donors (Lipinski definition) is 0. The molecule has 9 rings (SSSR count). The van der Waals surface area contributed by atoms with Gasteiger partial charge in [-0.25, -0.2) is 0 Å². The van der Waals surface area contributed by atoms with Crippen molar-refractivity contribution in [3.05, 3.63) is 170 Å². The largest absolute Gasteiger partial charge is 0.456 e. The van der Waals surface area contributed by atoms with Gasteiger partial charge in [0.1, 0.15) is 23.0 Å². The van der Waals surface area contributed by atoms with E-state index >= 15 is 0 Å². The molecule has 1 aliphatic heterocycles. The summed E-state index contributed by atoms with van der Waals surface area (Å²) in [6.45, 7) is 0. The van der Waals surface area contributed by atoms with Gasteiger partial charge >= 0.3 is 0 Å². The molecule has 0 spiro atoms. The number of furan rings is 1. The molecule has 2 nitrogen and oxygen atoms in total. The fourth-order valence-electron chi connectivity index (χ4n) is 6.84. The van der Waals surface area contributed by atoms with E-state index in [9.17, 15) is 0 Å². The number of ether oxygens (including phenoxy) is 1. The number of hydrogen-bond acceptors (Lipinski definition) is 2. The molecule has 0 amide bonds. The second kappa shape index (κ2) is 10.8. The summed E-state index contributed by atoms with van der Waals surface area (Å²) in [4.78, 5) is 0. The normalized spacial score (nSPS) is 11.7. The van der Waals surface area contributed by atoms with E-state index in [1.165, 1.54) is 27.8 Å². The van der Waals surface area contributed by atoms with Crippen LogP contribution in [0.3, 0.4) is 0 Å². The lowest BCUT2D eigenvalue weighted by molar-refractivity contribution is 0.487. The van der Waals surface area contributed by atoms with E-state index in [-0.39, 0.29) is 0 Å². The van der Waals surface area contributed by atoms with Crippen molar-refractivity contribution in [2.75, 3.05) is 0 Å². The molecule has 0 fully saturated rings. The van der Waals surface area contributed by atoms with E-state index in [0.717, 1.165) is 61.6 Å². The smallest absolute Gasteiger partial charge is 0.135 e. The summed E-state index contributed by atoms with van der Waals surface area (Å²) in [5.41, 5.74) is 11.5. The van der Waals surface area contributed by atoms with Crippen LogP contribution in [0.1, 0.15) is 0 Å². The second-order valence-corrected chi connectivity index (χ2v) is 11.6. The van der Waals surface area contributed by atoms with Gasteiger partial charge in [-0.3, -0.25) is 0 Å². The van der Waals surface area contributed by atoms with Crippen molar-refractivity contribution in [2.24, 2.45) is 0 Å². The molecule has 216 valence electrons. The highest BCUT2D eigenvalue weighted by atomic mass is 16.5. The van der Waals surface area contributed by atoms with Gasteiger partial charge in [-0.2, -0.15) is 0 Å². The van der Waals surface area contributed by atoms with E-state index in [0.29, 0.717) is 0 Å². The van der Waals surface area contributed by atoms with Crippen molar-refractivity contribution in [1.29, 1.82) is 0 Å². The van der Waals surface area contributed by atoms with Crippen molar-refractivity contribution >= 4 is 10.8 Å². The first-order valence-corrected chi connectivity index (χ1v) is 15.6. The minimum atomic E-state index is 0.833. The van der Waals surface area contributed by atoms with Crippen LogP contribution in [0.2, 0.25) is 0 Å². The molecule has 46 heavy (non-hydrogen) atoms. The highest BCUT2D eigenvalue weighted by Crippen LogP contribution is 2.48. The van der Waals surface area contributed by atoms with E-state index in [1.807, 2.05) is 18.2 Å². The third-order valence-corrected chi connectivity index (χ3v) is 8.94. The Labute approximate surface area is 267 Å². The Morgan fingerprint density at radius 3 is 1.59 bits per heavy atom. The predicted octanol–water partition coefficient (Wildman–Crippen LogP) is 12.5. The molecule has 0 radical (unpaired) electrons. The number of fused-ring (bicyclic) bond motifs is 2. The summed E-state index contributed by atoms with van der Waals surface area (Å²) in [5, 5.41) is 2.26. The number of benzene rings is 7. The van der Waals surface area contributed by atoms with E-state index in [2.05, 4.69) is 152 Å². The van der Waals surface area contributed by atoms with Crippen LogP contribution in [-0.4, -0.2) is 0 Å². The first-order chi connectivity index (χ1) is 22.8. The monoisotopic (exact) mass is 588 g/mol. The zero-order valence-corrected chi connectivity index (χ0v) is 25.0. The molecular weight excluding hydrogens is 560 g/mol. The minimum absolute atomic E-state index is 0.833. The molecule has 0 saturated carbocycles. The van der Waals surface area contributed by atoms with Crippen molar-refractivity contribution in [3.63, 3.8) is 0 Å². The molecule has 7 aromatic carbocycles. The second-order valence-electron chi connectivity index (χ2n) is 11.6. The lowest BCUT2D eigenvalue weighted by Crippen LogP contribution is -1.97. The van der Waals surface area contributed by atoms with Crippen LogP contribution >= 0.6 is 0 Å². The number of para-hydroxylation sites is 1. The molecule has 0 saturated heterocycles. The quantitative estimate of drug-likeness (QED) is 0.200. The summed E-state index contributed by atoms with van der Waals surface area (Å²) < 4.78 is 13.0. The Hall–Kier alpha value is -6.12. The summed E-state index contributed by atoms with van der Waals surface area (Å²) in [5.74, 6) is 3.43. The maximum absolute atomic E-state index is 6.71. The average Bonchev–Trinajstić information content (AvgIpc) is 3.63. The molecule has 0 aliphatic carbocycles. The van der Waals surface area contributed by atoms with E-state index < -0.39 is 0 Å². The maximum Gasteiger partial charge on any atom is 0.135 e. The van der Waals surface area contributed by atoms with Gasteiger partial charge in [-0.1, -0.05) is 133 Å². The van der Waals surface area contributed by atoms with Gasteiger partial charge in [-0.15, -0.1) is 0 Å². The van der Waals surface area contributed by atoms with Crippen LogP contribution in [-0.2, 0) is 0 Å². The van der Waals surface area contributed by atoms with Gasteiger partial charge < -0.3 is 9.15 Å². The maximum atomic E-state index is 6.71. The Morgan fingerprint density at radius 1 is 0.304 bits per heavy atom. The Morgan fingerprint density at radius 2 is 0.848 bits per heavy atom. The first kappa shape index (κ1) is 26.3. The summed E-state index contributed by atoms with van der Waals surface area (Å²) in [6, 6.07) is 59.5. The SMILES string of the molecule is c1ccc(-c2ccccc2-c2ccccc2-c2ccccc2-c2ccc(-c3cc4c5c(cccc5c3)Oc3ccccc3-4)o2)cc1. The zero-order chi connectivity index (χ0) is 30.5. The van der Waals surface area contributed by atoms with Gasteiger partial charge in [0, 0.05) is 22.1 Å². The Kier molecular flexibility index (Phi) is 6.17. The molecule has 1 aliphatic rings. The fraction of sp³-hybridized carbons (Fsp3) is 0. The lowest BCUT2D eigenvalue weighted by Gasteiger charge is -2.21. The van der Waals surface area contributed by atoms with Crippen LogP contribution in [0.4, 0.5) is 0 Å². The van der Waals surface area contributed by atoms with Crippen molar-refractivity contribution in [1.82, 2.24) is 0 Å². The van der Waals surface area contributed by atoms with E-state index in [4.69, 9.17) is 9.15 Å². The van der Waals surface area contributed by atoms with Gasteiger partial charge in [0.2, 0.25) is 0 Å². The van der Waals surface area contributed by atoms with Crippen molar-refractivity contribution in [2.45, 2.75) is 0 Å². The molecule has 1 aromatic heterocycles. The molecule has 0 unspecified atom stereocenters. The summed E-state index contributed by atoms with van der Waals surface area (Å²) >= 11 is 0. The minimum Gasteiger partial charge on any atom is -0.456 e. The van der Waals surface area contributed by atoms with Crippen molar-refractivity contribution in [3.8, 4) is 78.7 Å². The standard InChI is InChI=1S/C44H28O2/c1-2-13-29(14-3-1)32-16-4-5-17-33(32)34-18-6-7-19-35(34)36-20-8-9-21-37(36)42-26-25-40(45-42)31-27-30-15-12-24-43-44(30)39(28-31)38-22-10-11-23-41(38)46-43/h1-28H. The molecule has 0 bridgehead atoms. The van der Waals surface area contributed by atoms with Crippen LogP contribution in [0.25, 0.3) is 77.9 Å². The highest BCUT2D eigenvalue weighted by Gasteiger charge is 2.22. The van der Waals surface area contributed by atoms with Crippen LogP contribution in [0.15, 0.2) is 174 Å². The van der Waals surface area contributed by atoms with Crippen LogP contribution in [0, 0.1) is 0 Å². The fourth-order valence-corrected chi connectivity index (χ4v) is 6.84. The summed E-state index contributed by atoms with van der Waals surface area (Å²) in [7, 11) is 0. The van der Waals surface area contributed by atoms with E-state index in [1.54, 1.807) is 0 Å². The Bertz CT molecular complexity index is 2400. The predicted molar refractivity (Wildman–Crippen MR) is 189 cm³/mol. The zero-order valence-electron chi connectivity index (χ0n) is 25.0. The third-order valence-electron chi connectivity index (χ3n) is 8.94. The summed E-state index contributed by atoms with van der Waals surface area (Å²) in [6.07, 6.45) is 0. The van der Waals surface area contributed by atoms with Crippen LogP contribution in [0.5, 0.6) is 11.5 Å². The molecule has 0 N–H and O–H groups in total.